The van der Waals surface area contributed by atoms with Crippen LogP contribution < -0.4 is 5.32 Å². The van der Waals surface area contributed by atoms with Crippen LogP contribution in [-0.4, -0.2) is 34.5 Å². The average Bonchev–Trinajstić information content (AvgIpc) is 2.37. The Balaban J connectivity index is 2.52. The van der Waals surface area contributed by atoms with E-state index in [1.807, 2.05) is 6.92 Å². The SMILES string of the molecule is CCNc1cnc(CN(CC)CCC#N)cn1. The summed E-state index contributed by atoms with van der Waals surface area (Å²) in [6.45, 7) is 7.39. The van der Waals surface area contributed by atoms with Gasteiger partial charge in [0.15, 0.2) is 0 Å². The summed E-state index contributed by atoms with van der Waals surface area (Å²) in [5, 5.41) is 11.7. The Morgan fingerprint density at radius 3 is 2.71 bits per heavy atom. The van der Waals surface area contributed by atoms with Gasteiger partial charge in [-0.2, -0.15) is 5.26 Å². The molecule has 0 aliphatic heterocycles. The highest BCUT2D eigenvalue weighted by molar-refractivity contribution is 5.30. The number of anilines is 1. The lowest BCUT2D eigenvalue weighted by atomic mass is 10.3. The van der Waals surface area contributed by atoms with E-state index >= 15 is 0 Å². The Morgan fingerprint density at radius 2 is 2.18 bits per heavy atom. The molecule has 0 fully saturated rings. The summed E-state index contributed by atoms with van der Waals surface area (Å²) < 4.78 is 0. The highest BCUT2D eigenvalue weighted by atomic mass is 15.1. The number of nitrogens with zero attached hydrogens (tertiary/aromatic N) is 4. The van der Waals surface area contributed by atoms with Crippen molar-refractivity contribution in [1.82, 2.24) is 14.9 Å². The van der Waals surface area contributed by atoms with E-state index in [0.717, 1.165) is 37.7 Å². The summed E-state index contributed by atoms with van der Waals surface area (Å²) in [7, 11) is 0. The molecule has 0 amide bonds. The first-order valence-electron chi connectivity index (χ1n) is 5.94. The van der Waals surface area contributed by atoms with Crippen molar-refractivity contribution in [3.63, 3.8) is 0 Å². The van der Waals surface area contributed by atoms with Crippen molar-refractivity contribution >= 4 is 5.82 Å². The molecule has 0 saturated carbocycles. The fourth-order valence-corrected chi connectivity index (χ4v) is 1.50. The van der Waals surface area contributed by atoms with E-state index in [1.165, 1.54) is 0 Å². The van der Waals surface area contributed by atoms with E-state index in [4.69, 9.17) is 5.26 Å². The van der Waals surface area contributed by atoms with Crippen molar-refractivity contribution in [3.8, 4) is 6.07 Å². The molecule has 1 rings (SSSR count). The fraction of sp³-hybridized carbons (Fsp3) is 0.583. The minimum atomic E-state index is 0.552. The van der Waals surface area contributed by atoms with Gasteiger partial charge in [-0.25, -0.2) is 4.98 Å². The van der Waals surface area contributed by atoms with Gasteiger partial charge in [0.25, 0.3) is 0 Å². The molecule has 0 bridgehead atoms. The number of hydrogen-bond acceptors (Lipinski definition) is 5. The average molecular weight is 233 g/mol. The molecule has 5 heteroatoms. The summed E-state index contributed by atoms with van der Waals surface area (Å²) in [6.07, 6.45) is 4.08. The zero-order valence-electron chi connectivity index (χ0n) is 10.5. The summed E-state index contributed by atoms with van der Waals surface area (Å²) in [5.74, 6) is 0.802. The van der Waals surface area contributed by atoms with Gasteiger partial charge < -0.3 is 5.32 Å². The smallest absolute Gasteiger partial charge is 0.144 e. The lowest BCUT2D eigenvalue weighted by Crippen LogP contribution is -2.24. The standard InChI is InChI=1S/C12H19N5/c1-3-14-12-9-15-11(8-16-12)10-17(4-2)7-5-6-13/h8-9H,3-5,7,10H2,1-2H3,(H,14,16). The molecule has 0 saturated heterocycles. The summed E-state index contributed by atoms with van der Waals surface area (Å²) >= 11 is 0. The third-order valence-corrected chi connectivity index (χ3v) is 2.44. The van der Waals surface area contributed by atoms with Gasteiger partial charge in [-0.15, -0.1) is 0 Å². The lowest BCUT2D eigenvalue weighted by molar-refractivity contribution is 0.283. The van der Waals surface area contributed by atoms with Crippen LogP contribution in [0.3, 0.4) is 0 Å². The Labute approximate surface area is 102 Å². The molecule has 0 aliphatic carbocycles. The zero-order chi connectivity index (χ0) is 12.5. The molecule has 0 spiro atoms. The Morgan fingerprint density at radius 1 is 1.35 bits per heavy atom. The molecule has 0 radical (unpaired) electrons. The molecular weight excluding hydrogens is 214 g/mol. The van der Waals surface area contributed by atoms with Gasteiger partial charge >= 0.3 is 0 Å². The van der Waals surface area contributed by atoms with Gasteiger partial charge in [0.05, 0.1) is 24.2 Å². The van der Waals surface area contributed by atoms with E-state index in [1.54, 1.807) is 12.4 Å². The normalized spacial score (nSPS) is 10.2. The molecule has 1 aromatic heterocycles. The summed E-state index contributed by atoms with van der Waals surface area (Å²) in [4.78, 5) is 10.8. The van der Waals surface area contributed by atoms with Crippen molar-refractivity contribution in [2.75, 3.05) is 25.0 Å². The van der Waals surface area contributed by atoms with E-state index in [-0.39, 0.29) is 0 Å². The Bertz CT molecular complexity index is 354. The second-order valence-electron chi connectivity index (χ2n) is 3.70. The molecule has 0 aromatic carbocycles. The third-order valence-electron chi connectivity index (χ3n) is 2.44. The van der Waals surface area contributed by atoms with Crippen LogP contribution in [0.4, 0.5) is 5.82 Å². The summed E-state index contributed by atoms with van der Waals surface area (Å²) in [6, 6.07) is 2.16. The van der Waals surface area contributed by atoms with Crippen molar-refractivity contribution in [2.24, 2.45) is 0 Å². The molecule has 0 aliphatic rings. The van der Waals surface area contributed by atoms with Crippen molar-refractivity contribution < 1.29 is 0 Å². The van der Waals surface area contributed by atoms with Crippen LogP contribution in [0.1, 0.15) is 26.0 Å². The van der Waals surface area contributed by atoms with Crippen molar-refractivity contribution in [3.05, 3.63) is 18.1 Å². The van der Waals surface area contributed by atoms with Gasteiger partial charge in [0, 0.05) is 26.1 Å². The predicted octanol–water partition coefficient (Wildman–Crippen LogP) is 1.64. The topological polar surface area (TPSA) is 64.8 Å². The second kappa shape index (κ2) is 7.58. The monoisotopic (exact) mass is 233 g/mol. The van der Waals surface area contributed by atoms with E-state index in [2.05, 4.69) is 33.2 Å². The van der Waals surface area contributed by atoms with Crippen LogP contribution in [0.5, 0.6) is 0 Å². The lowest BCUT2D eigenvalue weighted by Gasteiger charge is -2.18. The van der Waals surface area contributed by atoms with E-state index in [0.29, 0.717) is 6.42 Å². The van der Waals surface area contributed by atoms with Crippen LogP contribution in [0, 0.1) is 11.3 Å². The number of nitriles is 1. The van der Waals surface area contributed by atoms with E-state index in [9.17, 15) is 0 Å². The maximum absolute atomic E-state index is 8.56. The minimum Gasteiger partial charge on any atom is -0.369 e. The first-order valence-corrected chi connectivity index (χ1v) is 5.94. The maximum atomic E-state index is 8.56. The molecule has 1 heterocycles. The largest absolute Gasteiger partial charge is 0.369 e. The van der Waals surface area contributed by atoms with Crippen LogP contribution in [0.2, 0.25) is 0 Å². The highest BCUT2D eigenvalue weighted by Gasteiger charge is 2.04. The van der Waals surface area contributed by atoms with Crippen LogP contribution in [0.25, 0.3) is 0 Å². The van der Waals surface area contributed by atoms with Gasteiger partial charge in [0.2, 0.25) is 0 Å². The van der Waals surface area contributed by atoms with E-state index < -0.39 is 0 Å². The molecule has 0 atom stereocenters. The highest BCUT2D eigenvalue weighted by Crippen LogP contribution is 2.04. The van der Waals surface area contributed by atoms with Crippen molar-refractivity contribution in [1.29, 1.82) is 5.26 Å². The van der Waals surface area contributed by atoms with Gasteiger partial charge in [0.1, 0.15) is 5.82 Å². The van der Waals surface area contributed by atoms with Crippen molar-refractivity contribution in [2.45, 2.75) is 26.8 Å². The molecule has 1 aromatic rings. The summed E-state index contributed by atoms with van der Waals surface area (Å²) in [5.41, 5.74) is 0.937. The third kappa shape index (κ3) is 4.79. The molecule has 5 nitrogen and oxygen atoms in total. The number of rotatable bonds is 7. The molecule has 0 unspecified atom stereocenters. The number of aromatic nitrogens is 2. The van der Waals surface area contributed by atoms with Gasteiger partial charge in [-0.3, -0.25) is 9.88 Å². The first kappa shape index (κ1) is 13.4. The van der Waals surface area contributed by atoms with Crippen LogP contribution >= 0.6 is 0 Å². The Hall–Kier alpha value is -1.67. The fourth-order valence-electron chi connectivity index (χ4n) is 1.50. The minimum absolute atomic E-state index is 0.552. The van der Waals surface area contributed by atoms with Gasteiger partial charge in [-0.1, -0.05) is 6.92 Å². The Kier molecular flexibility index (Phi) is 5.97. The number of hydrogen-bond donors (Lipinski definition) is 1. The first-order chi connectivity index (χ1) is 8.30. The molecule has 92 valence electrons. The van der Waals surface area contributed by atoms with Gasteiger partial charge in [-0.05, 0) is 13.5 Å². The molecular formula is C12H19N5. The zero-order valence-corrected chi connectivity index (χ0v) is 10.5. The molecule has 1 N–H and O–H groups in total. The van der Waals surface area contributed by atoms with Crippen LogP contribution in [0.15, 0.2) is 12.4 Å². The molecule has 17 heavy (non-hydrogen) atoms. The maximum Gasteiger partial charge on any atom is 0.144 e. The van der Waals surface area contributed by atoms with Crippen LogP contribution in [-0.2, 0) is 6.54 Å². The second-order valence-corrected chi connectivity index (χ2v) is 3.70. The number of nitrogens with one attached hydrogen (secondary N) is 1. The quantitative estimate of drug-likeness (QED) is 0.775. The predicted molar refractivity (Wildman–Crippen MR) is 67.4 cm³/mol.